The van der Waals surface area contributed by atoms with Crippen molar-refractivity contribution in [2.75, 3.05) is 11.5 Å². The van der Waals surface area contributed by atoms with E-state index in [1.54, 1.807) is 12.1 Å². The minimum Gasteiger partial charge on any atom is -0.333 e. The Kier molecular flexibility index (Phi) is 5.70. The molecule has 1 saturated heterocycles. The second-order valence-corrected chi connectivity index (χ2v) is 10.8. The molecule has 0 saturated carbocycles. The molecule has 26 heavy (non-hydrogen) atoms. The fraction of sp³-hybridized carbons (Fsp3) is 0.353. The van der Waals surface area contributed by atoms with E-state index in [0.29, 0.717) is 12.0 Å². The minimum atomic E-state index is -3.10. The SMILES string of the molecule is O=C(NC(NC1CCS(=O)(=O)C1)C(Cl)(Cl)Cl)c1cccc2ccccc12. The van der Waals surface area contributed by atoms with Crippen LogP contribution in [0.25, 0.3) is 10.8 Å². The number of hydrogen-bond acceptors (Lipinski definition) is 4. The lowest BCUT2D eigenvalue weighted by Gasteiger charge is -2.29. The molecule has 0 aromatic heterocycles. The number of carbonyl (C=O) groups excluding carboxylic acids is 1. The number of benzene rings is 2. The highest BCUT2D eigenvalue weighted by molar-refractivity contribution is 7.91. The molecule has 2 N–H and O–H groups in total. The highest BCUT2D eigenvalue weighted by Crippen LogP contribution is 2.30. The van der Waals surface area contributed by atoms with Crippen LogP contribution in [0.3, 0.4) is 0 Å². The van der Waals surface area contributed by atoms with Crippen molar-refractivity contribution in [2.45, 2.75) is 22.4 Å². The third kappa shape index (κ3) is 4.61. The molecule has 2 atom stereocenters. The summed E-state index contributed by atoms with van der Waals surface area (Å²) in [4.78, 5) is 12.8. The summed E-state index contributed by atoms with van der Waals surface area (Å²) >= 11 is 18.0. The number of fused-ring (bicyclic) bond motifs is 1. The first-order valence-corrected chi connectivity index (χ1v) is 10.9. The van der Waals surface area contributed by atoms with Gasteiger partial charge in [0.25, 0.3) is 5.91 Å². The highest BCUT2D eigenvalue weighted by Gasteiger charge is 2.38. The Hall–Kier alpha value is -1.05. The van der Waals surface area contributed by atoms with E-state index < -0.39 is 25.7 Å². The van der Waals surface area contributed by atoms with E-state index in [1.165, 1.54) is 0 Å². The summed E-state index contributed by atoms with van der Waals surface area (Å²) in [7, 11) is -3.10. The van der Waals surface area contributed by atoms with Crippen molar-refractivity contribution in [2.24, 2.45) is 0 Å². The van der Waals surface area contributed by atoms with E-state index in [2.05, 4.69) is 10.6 Å². The smallest absolute Gasteiger partial charge is 0.253 e. The highest BCUT2D eigenvalue weighted by atomic mass is 35.6. The normalized spacial score (nSPS) is 20.8. The number of sulfone groups is 1. The Labute approximate surface area is 166 Å². The van der Waals surface area contributed by atoms with Gasteiger partial charge in [0.2, 0.25) is 3.79 Å². The van der Waals surface area contributed by atoms with Crippen molar-refractivity contribution in [3.63, 3.8) is 0 Å². The van der Waals surface area contributed by atoms with Gasteiger partial charge in [-0.2, -0.15) is 0 Å². The van der Waals surface area contributed by atoms with Crippen LogP contribution in [0.1, 0.15) is 16.8 Å². The Balaban J connectivity index is 1.81. The van der Waals surface area contributed by atoms with Crippen molar-refractivity contribution < 1.29 is 13.2 Å². The number of nitrogens with one attached hydrogen (secondary N) is 2. The minimum absolute atomic E-state index is 0.0472. The molecule has 5 nitrogen and oxygen atoms in total. The van der Waals surface area contributed by atoms with E-state index in [9.17, 15) is 13.2 Å². The molecule has 3 rings (SSSR count). The van der Waals surface area contributed by atoms with Crippen LogP contribution in [0.2, 0.25) is 0 Å². The summed E-state index contributed by atoms with van der Waals surface area (Å²) in [6.45, 7) is 0. The third-order valence-electron chi connectivity index (χ3n) is 4.27. The van der Waals surface area contributed by atoms with Crippen LogP contribution >= 0.6 is 34.8 Å². The van der Waals surface area contributed by atoms with Crippen LogP contribution < -0.4 is 10.6 Å². The molecule has 140 valence electrons. The van der Waals surface area contributed by atoms with E-state index in [-0.39, 0.29) is 17.5 Å². The quantitative estimate of drug-likeness (QED) is 0.572. The maximum Gasteiger partial charge on any atom is 0.253 e. The van der Waals surface area contributed by atoms with Crippen molar-refractivity contribution in [1.82, 2.24) is 10.6 Å². The molecule has 9 heteroatoms. The van der Waals surface area contributed by atoms with Gasteiger partial charge in [0, 0.05) is 11.6 Å². The molecule has 0 radical (unpaired) electrons. The Morgan fingerprint density at radius 2 is 1.81 bits per heavy atom. The van der Waals surface area contributed by atoms with Gasteiger partial charge in [0.1, 0.15) is 6.17 Å². The molecule has 0 spiro atoms. The zero-order chi connectivity index (χ0) is 18.9. The summed E-state index contributed by atoms with van der Waals surface area (Å²) in [5, 5.41) is 7.33. The summed E-state index contributed by atoms with van der Waals surface area (Å²) in [6.07, 6.45) is -0.624. The predicted octanol–water partition coefficient (Wildman–Crippen LogP) is 3.04. The van der Waals surface area contributed by atoms with Crippen molar-refractivity contribution in [3.05, 3.63) is 48.0 Å². The van der Waals surface area contributed by atoms with Crippen LogP contribution in [0.15, 0.2) is 42.5 Å². The van der Waals surface area contributed by atoms with Gasteiger partial charge in [0.05, 0.1) is 11.5 Å². The van der Waals surface area contributed by atoms with E-state index in [1.807, 2.05) is 30.3 Å². The zero-order valence-corrected chi connectivity index (χ0v) is 16.7. The topological polar surface area (TPSA) is 75.3 Å². The van der Waals surface area contributed by atoms with Gasteiger partial charge < -0.3 is 5.32 Å². The van der Waals surface area contributed by atoms with Gasteiger partial charge in [0.15, 0.2) is 9.84 Å². The lowest BCUT2D eigenvalue weighted by molar-refractivity contribution is 0.0929. The Bertz CT molecular complexity index is 923. The first kappa shape index (κ1) is 19.7. The number of alkyl halides is 3. The standard InChI is InChI=1S/C17H17Cl3N2O3S/c18-17(19,20)16(21-12-8-9-26(24,25)10-12)22-15(23)14-7-3-5-11-4-1-2-6-13(11)14/h1-7,12,16,21H,8-10H2,(H,22,23). The predicted molar refractivity (Wildman–Crippen MR) is 106 cm³/mol. The molecule has 1 fully saturated rings. The average molecular weight is 436 g/mol. The maximum absolute atomic E-state index is 12.8. The first-order valence-electron chi connectivity index (χ1n) is 7.97. The summed E-state index contributed by atoms with van der Waals surface area (Å²) in [5.41, 5.74) is 0.447. The maximum atomic E-state index is 12.8. The molecule has 2 aromatic carbocycles. The van der Waals surface area contributed by atoms with Gasteiger partial charge in [-0.05, 0) is 23.3 Å². The number of hydrogen-bond donors (Lipinski definition) is 2. The fourth-order valence-corrected chi connectivity index (χ4v) is 5.05. The number of halogens is 3. The van der Waals surface area contributed by atoms with Crippen LogP contribution in [0.5, 0.6) is 0 Å². The monoisotopic (exact) mass is 434 g/mol. The van der Waals surface area contributed by atoms with Gasteiger partial charge >= 0.3 is 0 Å². The van der Waals surface area contributed by atoms with E-state index >= 15 is 0 Å². The van der Waals surface area contributed by atoms with Crippen LogP contribution in [0, 0.1) is 0 Å². The molecule has 1 amide bonds. The summed E-state index contributed by atoms with van der Waals surface area (Å²) in [5.74, 6) is -0.380. The van der Waals surface area contributed by atoms with Gasteiger partial charge in [-0.1, -0.05) is 71.2 Å². The number of rotatable bonds is 4. The number of carbonyl (C=O) groups is 1. The molecule has 2 aromatic rings. The average Bonchev–Trinajstić information content (AvgIpc) is 2.91. The second kappa shape index (κ2) is 7.52. The third-order valence-corrected chi connectivity index (χ3v) is 6.69. The molecule has 1 aliphatic heterocycles. The van der Waals surface area contributed by atoms with Gasteiger partial charge in [-0.15, -0.1) is 0 Å². The van der Waals surface area contributed by atoms with Crippen molar-refractivity contribution in [1.29, 1.82) is 0 Å². The van der Waals surface area contributed by atoms with E-state index in [4.69, 9.17) is 34.8 Å². The molecule has 0 aliphatic carbocycles. The molecular formula is C17H17Cl3N2O3S. The first-order chi connectivity index (χ1) is 12.2. The summed E-state index contributed by atoms with van der Waals surface area (Å²) in [6, 6.07) is 12.5. The lowest BCUT2D eigenvalue weighted by Crippen LogP contribution is -2.56. The van der Waals surface area contributed by atoms with E-state index in [0.717, 1.165) is 10.8 Å². The van der Waals surface area contributed by atoms with Crippen molar-refractivity contribution >= 4 is 61.3 Å². The van der Waals surface area contributed by atoms with Crippen LogP contribution in [-0.2, 0) is 9.84 Å². The van der Waals surface area contributed by atoms with Crippen molar-refractivity contribution in [3.8, 4) is 0 Å². The fourth-order valence-electron chi connectivity index (χ4n) is 3.01. The lowest BCUT2D eigenvalue weighted by atomic mass is 10.0. The second-order valence-electron chi connectivity index (χ2n) is 6.24. The molecular weight excluding hydrogens is 419 g/mol. The Morgan fingerprint density at radius 1 is 1.12 bits per heavy atom. The zero-order valence-electron chi connectivity index (χ0n) is 13.6. The summed E-state index contributed by atoms with van der Waals surface area (Å²) < 4.78 is 21.4. The van der Waals surface area contributed by atoms with Gasteiger partial charge in [-0.25, -0.2) is 8.42 Å². The largest absolute Gasteiger partial charge is 0.333 e. The Morgan fingerprint density at radius 3 is 2.46 bits per heavy atom. The molecule has 0 bridgehead atoms. The number of amides is 1. The molecule has 2 unspecified atom stereocenters. The molecule has 1 aliphatic rings. The van der Waals surface area contributed by atoms with Crippen LogP contribution in [-0.4, -0.2) is 41.8 Å². The molecule has 1 heterocycles. The van der Waals surface area contributed by atoms with Gasteiger partial charge in [-0.3, -0.25) is 10.1 Å². The van der Waals surface area contributed by atoms with Crippen LogP contribution in [0.4, 0.5) is 0 Å².